The molecule has 0 bridgehead atoms. The number of ether oxygens (including phenoxy) is 1. The van der Waals surface area contributed by atoms with Gasteiger partial charge in [0.05, 0.1) is 19.6 Å². The van der Waals surface area contributed by atoms with Crippen molar-refractivity contribution in [2.24, 2.45) is 5.92 Å². The van der Waals surface area contributed by atoms with Crippen molar-refractivity contribution in [3.8, 4) is 0 Å². The summed E-state index contributed by atoms with van der Waals surface area (Å²) in [7, 11) is 1.42. The van der Waals surface area contributed by atoms with Crippen LogP contribution in [0.5, 0.6) is 0 Å². The molecule has 84 valence electrons. The maximum absolute atomic E-state index is 11.2. The smallest absolute Gasteiger partial charge is 0.308 e. The number of nitrogens with zero attached hydrogens (tertiary/aromatic N) is 1. The molecule has 2 rings (SSSR count). The van der Waals surface area contributed by atoms with Gasteiger partial charge in [-0.2, -0.15) is 0 Å². The van der Waals surface area contributed by atoms with Crippen LogP contribution < -0.4 is 5.32 Å². The molecule has 5 heteroatoms. The summed E-state index contributed by atoms with van der Waals surface area (Å²) < 4.78 is 4.67. The third-order valence-corrected chi connectivity index (χ3v) is 3.23. The first kappa shape index (κ1) is 10.4. The number of piperazine rings is 1. The lowest BCUT2D eigenvalue weighted by atomic mass is 9.79. The molecule has 0 aromatic heterocycles. The molecule has 0 aromatic carbocycles. The van der Waals surface area contributed by atoms with E-state index in [-0.39, 0.29) is 17.8 Å². The third kappa shape index (κ3) is 2.12. The minimum absolute atomic E-state index is 0.0463. The normalized spacial score (nSPS) is 31.7. The van der Waals surface area contributed by atoms with E-state index in [4.69, 9.17) is 0 Å². The number of amides is 1. The second-order valence-electron chi connectivity index (χ2n) is 4.17. The van der Waals surface area contributed by atoms with E-state index in [0.29, 0.717) is 12.6 Å². The Morgan fingerprint density at radius 2 is 2.27 bits per heavy atom. The molecule has 0 unspecified atom stereocenters. The number of hydrogen-bond acceptors (Lipinski definition) is 4. The fourth-order valence-electron chi connectivity index (χ4n) is 2.22. The average Bonchev–Trinajstić information content (AvgIpc) is 2.15. The highest BCUT2D eigenvalue weighted by Gasteiger charge is 2.39. The van der Waals surface area contributed by atoms with E-state index in [0.717, 1.165) is 25.9 Å². The van der Waals surface area contributed by atoms with Gasteiger partial charge in [0, 0.05) is 19.1 Å². The van der Waals surface area contributed by atoms with Crippen molar-refractivity contribution in [1.82, 2.24) is 10.2 Å². The van der Waals surface area contributed by atoms with Crippen LogP contribution in [0, 0.1) is 5.92 Å². The Bertz CT molecular complexity index is 274. The van der Waals surface area contributed by atoms with E-state index < -0.39 is 0 Å². The summed E-state index contributed by atoms with van der Waals surface area (Å²) >= 11 is 0. The van der Waals surface area contributed by atoms with Crippen LogP contribution in [-0.2, 0) is 14.3 Å². The van der Waals surface area contributed by atoms with E-state index in [2.05, 4.69) is 15.0 Å². The Labute approximate surface area is 88.8 Å². The molecule has 5 nitrogen and oxygen atoms in total. The zero-order valence-electron chi connectivity index (χ0n) is 8.86. The Morgan fingerprint density at radius 3 is 2.87 bits per heavy atom. The van der Waals surface area contributed by atoms with Crippen molar-refractivity contribution >= 4 is 11.9 Å². The van der Waals surface area contributed by atoms with Crippen LogP contribution in [0.1, 0.15) is 12.8 Å². The Morgan fingerprint density at radius 1 is 1.53 bits per heavy atom. The van der Waals surface area contributed by atoms with E-state index >= 15 is 0 Å². The second-order valence-corrected chi connectivity index (χ2v) is 4.17. The van der Waals surface area contributed by atoms with Gasteiger partial charge in [-0.15, -0.1) is 0 Å². The number of hydrogen-bond donors (Lipinski definition) is 1. The molecule has 1 saturated carbocycles. The predicted octanol–water partition coefficient (Wildman–Crippen LogP) is -0.630. The van der Waals surface area contributed by atoms with Crippen molar-refractivity contribution in [3.63, 3.8) is 0 Å². The Kier molecular flexibility index (Phi) is 2.90. The number of esters is 1. The molecule has 1 amide bonds. The summed E-state index contributed by atoms with van der Waals surface area (Å²) in [4.78, 5) is 24.5. The quantitative estimate of drug-likeness (QED) is 0.619. The first-order valence-electron chi connectivity index (χ1n) is 5.29. The minimum Gasteiger partial charge on any atom is -0.469 e. The summed E-state index contributed by atoms with van der Waals surface area (Å²) in [5.41, 5.74) is 0. The fraction of sp³-hybridized carbons (Fsp3) is 0.800. The molecule has 1 N–H and O–H groups in total. The van der Waals surface area contributed by atoms with Gasteiger partial charge in [0.25, 0.3) is 0 Å². The molecule has 0 atom stereocenters. The van der Waals surface area contributed by atoms with Crippen molar-refractivity contribution in [3.05, 3.63) is 0 Å². The largest absolute Gasteiger partial charge is 0.469 e. The minimum atomic E-state index is -0.118. The summed E-state index contributed by atoms with van der Waals surface area (Å²) in [6.07, 6.45) is 1.67. The van der Waals surface area contributed by atoms with Gasteiger partial charge in [0.1, 0.15) is 0 Å². The standard InChI is InChI=1S/C10H16N2O3/c1-15-10(14)7-4-8(5-7)12-3-2-11-9(13)6-12/h7-8H,2-6H2,1H3,(H,11,13). The number of rotatable bonds is 2. The average molecular weight is 212 g/mol. The highest BCUT2D eigenvalue weighted by Crippen LogP contribution is 2.32. The van der Waals surface area contributed by atoms with Crippen LogP contribution in [0.25, 0.3) is 0 Å². The second kappa shape index (κ2) is 4.18. The van der Waals surface area contributed by atoms with Gasteiger partial charge in [-0.3, -0.25) is 14.5 Å². The first-order valence-corrected chi connectivity index (χ1v) is 5.29. The van der Waals surface area contributed by atoms with Gasteiger partial charge in [0.2, 0.25) is 5.91 Å². The maximum Gasteiger partial charge on any atom is 0.308 e. The van der Waals surface area contributed by atoms with Gasteiger partial charge in [-0.1, -0.05) is 0 Å². The zero-order chi connectivity index (χ0) is 10.8. The fourth-order valence-corrected chi connectivity index (χ4v) is 2.22. The third-order valence-electron chi connectivity index (χ3n) is 3.23. The topological polar surface area (TPSA) is 58.6 Å². The molecule has 1 aliphatic carbocycles. The van der Waals surface area contributed by atoms with Gasteiger partial charge < -0.3 is 10.1 Å². The number of carbonyl (C=O) groups is 2. The van der Waals surface area contributed by atoms with Crippen LogP contribution in [0.2, 0.25) is 0 Å². The monoisotopic (exact) mass is 212 g/mol. The lowest BCUT2D eigenvalue weighted by molar-refractivity contribution is -0.151. The molecule has 1 aliphatic heterocycles. The van der Waals surface area contributed by atoms with E-state index in [9.17, 15) is 9.59 Å². The lowest BCUT2D eigenvalue weighted by Crippen LogP contribution is -2.56. The molecular weight excluding hydrogens is 196 g/mol. The van der Waals surface area contributed by atoms with Crippen molar-refractivity contribution < 1.29 is 14.3 Å². The lowest BCUT2D eigenvalue weighted by Gasteiger charge is -2.42. The molecular formula is C10H16N2O3. The Hall–Kier alpha value is -1.10. The molecule has 1 saturated heterocycles. The van der Waals surface area contributed by atoms with E-state index in [1.54, 1.807) is 0 Å². The first-order chi connectivity index (χ1) is 7.20. The molecule has 1 heterocycles. The number of carbonyl (C=O) groups excluding carboxylic acids is 2. The predicted molar refractivity (Wildman–Crippen MR) is 53.1 cm³/mol. The molecule has 0 spiro atoms. The van der Waals surface area contributed by atoms with Crippen LogP contribution in [-0.4, -0.2) is 49.6 Å². The maximum atomic E-state index is 11.2. The molecule has 2 fully saturated rings. The van der Waals surface area contributed by atoms with Gasteiger partial charge in [-0.05, 0) is 12.8 Å². The molecule has 0 aromatic rings. The van der Waals surface area contributed by atoms with Crippen molar-refractivity contribution in [1.29, 1.82) is 0 Å². The summed E-state index contributed by atoms with van der Waals surface area (Å²) in [6, 6.07) is 0.389. The summed E-state index contributed by atoms with van der Waals surface area (Å²) in [6.45, 7) is 2.08. The van der Waals surface area contributed by atoms with Crippen LogP contribution in [0.15, 0.2) is 0 Å². The number of nitrogens with one attached hydrogen (secondary N) is 1. The van der Waals surface area contributed by atoms with E-state index in [1.165, 1.54) is 7.11 Å². The zero-order valence-corrected chi connectivity index (χ0v) is 8.86. The highest BCUT2D eigenvalue weighted by molar-refractivity contribution is 5.79. The number of methoxy groups -OCH3 is 1. The SMILES string of the molecule is COC(=O)C1CC(N2CCNC(=O)C2)C1. The van der Waals surface area contributed by atoms with Gasteiger partial charge in [0.15, 0.2) is 0 Å². The molecule has 2 aliphatic rings. The summed E-state index contributed by atoms with van der Waals surface area (Å²) in [5.74, 6) is 0.0143. The van der Waals surface area contributed by atoms with Gasteiger partial charge in [-0.25, -0.2) is 0 Å². The van der Waals surface area contributed by atoms with Crippen molar-refractivity contribution in [2.45, 2.75) is 18.9 Å². The highest BCUT2D eigenvalue weighted by atomic mass is 16.5. The summed E-state index contributed by atoms with van der Waals surface area (Å²) in [5, 5.41) is 2.79. The molecule has 0 radical (unpaired) electrons. The van der Waals surface area contributed by atoms with E-state index in [1.807, 2.05) is 0 Å². The Balaban J connectivity index is 1.78. The van der Waals surface area contributed by atoms with Crippen LogP contribution in [0.3, 0.4) is 0 Å². The van der Waals surface area contributed by atoms with Gasteiger partial charge >= 0.3 is 5.97 Å². The van der Waals surface area contributed by atoms with Crippen LogP contribution >= 0.6 is 0 Å². The van der Waals surface area contributed by atoms with Crippen molar-refractivity contribution in [2.75, 3.05) is 26.7 Å². The van der Waals surface area contributed by atoms with Crippen LogP contribution in [0.4, 0.5) is 0 Å². The molecule has 15 heavy (non-hydrogen) atoms.